The van der Waals surface area contributed by atoms with E-state index in [-0.39, 0.29) is 0 Å². The van der Waals surface area contributed by atoms with Gasteiger partial charge in [0.25, 0.3) is 0 Å². The predicted octanol–water partition coefficient (Wildman–Crippen LogP) is 1.13. The van der Waals surface area contributed by atoms with Crippen molar-refractivity contribution in [3.8, 4) is 0 Å². The summed E-state index contributed by atoms with van der Waals surface area (Å²) in [6.07, 6.45) is 4.06. The lowest BCUT2D eigenvalue weighted by Gasteiger charge is -2.38. The second-order valence-electron chi connectivity index (χ2n) is 3.98. The Morgan fingerprint density at radius 1 is 1.08 bits per heavy atom. The molecule has 0 saturated heterocycles. The van der Waals surface area contributed by atoms with Crippen LogP contribution in [0.2, 0.25) is 0 Å². The smallest absolute Gasteiger partial charge is 0.0750 e. The van der Waals surface area contributed by atoms with Gasteiger partial charge in [-0.15, -0.1) is 0 Å². The Labute approximate surface area is 81.0 Å². The summed E-state index contributed by atoms with van der Waals surface area (Å²) in [6, 6.07) is 0.552. The highest BCUT2D eigenvalue weighted by Crippen LogP contribution is 2.25. The quantitative estimate of drug-likeness (QED) is 0.661. The van der Waals surface area contributed by atoms with E-state index in [0.29, 0.717) is 18.2 Å². The van der Waals surface area contributed by atoms with Gasteiger partial charge in [0.1, 0.15) is 0 Å². The lowest BCUT2D eigenvalue weighted by molar-refractivity contribution is -0.0496. The highest BCUT2D eigenvalue weighted by atomic mass is 16.5. The molecule has 3 atom stereocenters. The van der Waals surface area contributed by atoms with Crippen molar-refractivity contribution in [2.75, 3.05) is 28.3 Å². The first-order valence-corrected chi connectivity index (χ1v) is 4.91. The number of hydrogen-bond donors (Lipinski definition) is 0. The van der Waals surface area contributed by atoms with Gasteiger partial charge in [0.05, 0.1) is 12.2 Å². The summed E-state index contributed by atoms with van der Waals surface area (Å²) in [6.45, 7) is 0. The van der Waals surface area contributed by atoms with E-state index >= 15 is 0 Å². The van der Waals surface area contributed by atoms with E-state index in [0.717, 1.165) is 12.8 Å². The lowest BCUT2D eigenvalue weighted by Crippen LogP contribution is -2.46. The third kappa shape index (κ3) is 2.66. The van der Waals surface area contributed by atoms with Gasteiger partial charge in [0, 0.05) is 26.7 Å². The fraction of sp³-hybridized carbons (Fsp3) is 1.00. The third-order valence-electron chi connectivity index (χ3n) is 3.01. The molecule has 0 aliphatic heterocycles. The summed E-state index contributed by atoms with van der Waals surface area (Å²) in [4.78, 5) is 2.25. The molecule has 1 aliphatic rings. The molecule has 0 bridgehead atoms. The largest absolute Gasteiger partial charge is 0.381 e. The maximum Gasteiger partial charge on any atom is 0.0750 e. The molecule has 0 N–H and O–H groups in total. The Morgan fingerprint density at radius 2 is 1.77 bits per heavy atom. The van der Waals surface area contributed by atoms with Gasteiger partial charge in [-0.25, -0.2) is 0 Å². The zero-order valence-electron chi connectivity index (χ0n) is 9.12. The summed E-state index contributed by atoms with van der Waals surface area (Å²) >= 11 is 0. The van der Waals surface area contributed by atoms with Gasteiger partial charge in [-0.3, -0.25) is 0 Å². The van der Waals surface area contributed by atoms with E-state index in [1.165, 1.54) is 6.42 Å². The molecular formula is C10H21NO2. The molecule has 0 aromatic heterocycles. The van der Waals surface area contributed by atoms with Crippen molar-refractivity contribution >= 4 is 0 Å². The average molecular weight is 187 g/mol. The first kappa shape index (κ1) is 11.0. The van der Waals surface area contributed by atoms with Crippen molar-refractivity contribution in [1.29, 1.82) is 0 Å². The average Bonchev–Trinajstić information content (AvgIpc) is 2.16. The van der Waals surface area contributed by atoms with Gasteiger partial charge in [0.2, 0.25) is 0 Å². The van der Waals surface area contributed by atoms with Gasteiger partial charge in [0.15, 0.2) is 0 Å². The SMILES string of the molecule is COC1CCC(N(C)C)C(OC)C1. The molecule has 3 heteroatoms. The van der Waals surface area contributed by atoms with Crippen LogP contribution in [0.1, 0.15) is 19.3 Å². The van der Waals surface area contributed by atoms with Gasteiger partial charge >= 0.3 is 0 Å². The topological polar surface area (TPSA) is 21.7 Å². The summed E-state index contributed by atoms with van der Waals surface area (Å²) in [5.41, 5.74) is 0. The Bertz CT molecular complexity index is 150. The van der Waals surface area contributed by atoms with E-state index in [4.69, 9.17) is 9.47 Å². The van der Waals surface area contributed by atoms with Crippen molar-refractivity contribution < 1.29 is 9.47 Å². The van der Waals surface area contributed by atoms with Gasteiger partial charge in [-0.1, -0.05) is 0 Å². The Balaban J connectivity index is 2.50. The molecule has 0 amide bonds. The molecule has 1 rings (SSSR count). The lowest BCUT2D eigenvalue weighted by atomic mass is 9.89. The van der Waals surface area contributed by atoms with Crippen LogP contribution < -0.4 is 0 Å². The molecule has 1 saturated carbocycles. The van der Waals surface area contributed by atoms with E-state index in [9.17, 15) is 0 Å². The van der Waals surface area contributed by atoms with E-state index in [2.05, 4.69) is 19.0 Å². The molecule has 13 heavy (non-hydrogen) atoms. The predicted molar refractivity (Wildman–Crippen MR) is 52.9 cm³/mol. The van der Waals surface area contributed by atoms with E-state index in [1.807, 2.05) is 0 Å². The van der Waals surface area contributed by atoms with Crippen LogP contribution in [0.4, 0.5) is 0 Å². The second kappa shape index (κ2) is 4.94. The molecular weight excluding hydrogens is 166 g/mol. The summed E-state index contributed by atoms with van der Waals surface area (Å²) in [5.74, 6) is 0. The molecule has 78 valence electrons. The highest BCUT2D eigenvalue weighted by molar-refractivity contribution is 4.85. The number of likely N-dealkylation sites (N-methyl/N-ethyl adjacent to an activating group) is 1. The molecule has 1 fully saturated rings. The van der Waals surface area contributed by atoms with Crippen molar-refractivity contribution in [3.63, 3.8) is 0 Å². The fourth-order valence-electron chi connectivity index (χ4n) is 2.13. The molecule has 0 radical (unpaired) electrons. The monoisotopic (exact) mass is 187 g/mol. The minimum Gasteiger partial charge on any atom is -0.381 e. The molecule has 0 aromatic carbocycles. The maximum atomic E-state index is 5.48. The van der Waals surface area contributed by atoms with Crippen LogP contribution in [-0.2, 0) is 9.47 Å². The summed E-state index contributed by atoms with van der Waals surface area (Å²) < 4.78 is 10.8. The van der Waals surface area contributed by atoms with Crippen LogP contribution in [0.15, 0.2) is 0 Å². The van der Waals surface area contributed by atoms with Crippen molar-refractivity contribution in [2.45, 2.75) is 37.5 Å². The fourth-order valence-corrected chi connectivity index (χ4v) is 2.13. The Kier molecular flexibility index (Phi) is 4.16. The Morgan fingerprint density at radius 3 is 2.23 bits per heavy atom. The standard InChI is InChI=1S/C10H21NO2/c1-11(2)9-6-5-8(12-3)7-10(9)13-4/h8-10H,5-7H2,1-4H3. The van der Waals surface area contributed by atoms with Gasteiger partial charge in [-0.05, 0) is 26.9 Å². The number of ether oxygens (including phenoxy) is 2. The van der Waals surface area contributed by atoms with Gasteiger partial charge in [-0.2, -0.15) is 0 Å². The Hall–Kier alpha value is -0.120. The minimum absolute atomic E-state index is 0.327. The minimum atomic E-state index is 0.327. The van der Waals surface area contributed by atoms with Crippen molar-refractivity contribution in [1.82, 2.24) is 4.90 Å². The maximum absolute atomic E-state index is 5.48. The molecule has 3 nitrogen and oxygen atoms in total. The summed E-state index contributed by atoms with van der Waals surface area (Å²) in [7, 11) is 7.81. The first-order valence-electron chi connectivity index (χ1n) is 4.91. The molecule has 0 aromatic rings. The zero-order chi connectivity index (χ0) is 9.84. The highest BCUT2D eigenvalue weighted by Gasteiger charge is 2.31. The molecule has 0 spiro atoms. The number of nitrogens with zero attached hydrogens (tertiary/aromatic N) is 1. The first-order chi connectivity index (χ1) is 6.19. The van der Waals surface area contributed by atoms with Crippen LogP contribution in [-0.4, -0.2) is 51.5 Å². The molecule has 3 unspecified atom stereocenters. The van der Waals surface area contributed by atoms with Gasteiger partial charge < -0.3 is 14.4 Å². The normalized spacial score (nSPS) is 35.3. The number of rotatable bonds is 3. The zero-order valence-corrected chi connectivity index (χ0v) is 9.12. The van der Waals surface area contributed by atoms with E-state index < -0.39 is 0 Å². The van der Waals surface area contributed by atoms with Crippen LogP contribution in [0.5, 0.6) is 0 Å². The van der Waals surface area contributed by atoms with Crippen molar-refractivity contribution in [3.05, 3.63) is 0 Å². The van der Waals surface area contributed by atoms with Crippen LogP contribution in [0.3, 0.4) is 0 Å². The number of methoxy groups -OCH3 is 2. The summed E-state index contributed by atoms with van der Waals surface area (Å²) in [5, 5.41) is 0. The van der Waals surface area contributed by atoms with Crippen LogP contribution >= 0.6 is 0 Å². The van der Waals surface area contributed by atoms with Crippen LogP contribution in [0.25, 0.3) is 0 Å². The van der Waals surface area contributed by atoms with Crippen LogP contribution in [0, 0.1) is 0 Å². The second-order valence-corrected chi connectivity index (χ2v) is 3.98. The third-order valence-corrected chi connectivity index (χ3v) is 3.01. The van der Waals surface area contributed by atoms with E-state index in [1.54, 1.807) is 14.2 Å². The number of hydrogen-bond acceptors (Lipinski definition) is 3. The van der Waals surface area contributed by atoms with Crippen molar-refractivity contribution in [2.24, 2.45) is 0 Å². The molecule has 0 heterocycles. The molecule has 1 aliphatic carbocycles.